The van der Waals surface area contributed by atoms with E-state index in [0.717, 1.165) is 0 Å². The number of nitrogens with zero attached hydrogens (tertiary/aromatic N) is 2. The lowest BCUT2D eigenvalue weighted by atomic mass is 10.4. The van der Waals surface area contributed by atoms with Gasteiger partial charge in [0.2, 0.25) is 0 Å². The van der Waals surface area contributed by atoms with Crippen LogP contribution in [-0.2, 0) is 17.1 Å². The minimum absolute atomic E-state index is 0.137. The lowest BCUT2D eigenvalue weighted by Crippen LogP contribution is -2.35. The molecule has 0 spiro atoms. The second-order valence-corrected chi connectivity index (χ2v) is 4.84. The molecule has 14 heavy (non-hydrogen) atoms. The second kappa shape index (κ2) is 4.07. The lowest BCUT2D eigenvalue weighted by Gasteiger charge is -2.08. The molecule has 0 saturated carbocycles. The van der Waals surface area contributed by atoms with E-state index < -0.39 is 10.0 Å². The van der Waals surface area contributed by atoms with Crippen LogP contribution in [0.25, 0.3) is 0 Å². The highest BCUT2D eigenvalue weighted by Gasteiger charge is 2.17. The van der Waals surface area contributed by atoms with Crippen LogP contribution in [-0.4, -0.2) is 30.8 Å². The topological polar surface area (TPSA) is 90.0 Å². The summed E-state index contributed by atoms with van der Waals surface area (Å²) in [4.78, 5) is 0. The number of nitrogens with one attached hydrogen (secondary N) is 1. The third kappa shape index (κ3) is 2.53. The molecule has 0 saturated heterocycles. The highest BCUT2D eigenvalue weighted by atomic mass is 32.2. The molecule has 1 aromatic rings. The number of nitrogens with two attached hydrogens (primary N) is 1. The van der Waals surface area contributed by atoms with Gasteiger partial charge in [0.1, 0.15) is 0 Å². The average Bonchev–Trinajstić information content (AvgIpc) is 2.48. The molecular weight excluding hydrogens is 204 g/mol. The van der Waals surface area contributed by atoms with Crippen LogP contribution in [0.4, 0.5) is 0 Å². The highest BCUT2D eigenvalue weighted by Crippen LogP contribution is 2.04. The second-order valence-electron chi connectivity index (χ2n) is 3.12. The van der Waals surface area contributed by atoms with Crippen LogP contribution in [0.1, 0.15) is 6.92 Å². The van der Waals surface area contributed by atoms with Crippen LogP contribution in [0.15, 0.2) is 17.3 Å². The first kappa shape index (κ1) is 11.2. The summed E-state index contributed by atoms with van der Waals surface area (Å²) in [5.41, 5.74) is 5.44. The quantitative estimate of drug-likeness (QED) is 0.681. The van der Waals surface area contributed by atoms with Crippen molar-refractivity contribution in [1.82, 2.24) is 14.5 Å². The number of aryl methyl sites for hydroxylation is 1. The zero-order chi connectivity index (χ0) is 10.8. The summed E-state index contributed by atoms with van der Waals surface area (Å²) in [6.45, 7) is 1.94. The molecule has 0 aliphatic heterocycles. The van der Waals surface area contributed by atoms with Crippen molar-refractivity contribution < 1.29 is 8.42 Å². The Kier molecular flexibility index (Phi) is 3.25. The Morgan fingerprint density at radius 1 is 1.71 bits per heavy atom. The summed E-state index contributed by atoms with van der Waals surface area (Å²) in [7, 11) is -1.90. The Morgan fingerprint density at radius 3 is 2.79 bits per heavy atom. The smallest absolute Gasteiger partial charge is 0.257 e. The van der Waals surface area contributed by atoms with Gasteiger partial charge in [-0.15, -0.1) is 0 Å². The van der Waals surface area contributed by atoms with Gasteiger partial charge in [-0.2, -0.15) is 5.10 Å². The maximum absolute atomic E-state index is 11.6. The summed E-state index contributed by atoms with van der Waals surface area (Å²) in [5.74, 6) is 0. The Morgan fingerprint density at radius 2 is 2.36 bits per heavy atom. The first-order chi connectivity index (χ1) is 6.43. The van der Waals surface area contributed by atoms with Gasteiger partial charge in [0.25, 0.3) is 10.0 Å². The van der Waals surface area contributed by atoms with E-state index >= 15 is 0 Å². The van der Waals surface area contributed by atoms with Gasteiger partial charge in [0.05, 0.1) is 6.20 Å². The third-order valence-electron chi connectivity index (χ3n) is 1.65. The van der Waals surface area contributed by atoms with Crippen LogP contribution in [0, 0.1) is 0 Å². The fourth-order valence-electron chi connectivity index (χ4n) is 0.940. The molecule has 1 unspecified atom stereocenters. The van der Waals surface area contributed by atoms with Crippen molar-refractivity contribution in [2.24, 2.45) is 12.8 Å². The van der Waals surface area contributed by atoms with Crippen molar-refractivity contribution >= 4 is 10.0 Å². The molecule has 1 atom stereocenters. The fourth-order valence-corrected chi connectivity index (χ4v) is 2.21. The monoisotopic (exact) mass is 218 g/mol. The van der Waals surface area contributed by atoms with Gasteiger partial charge in [-0.3, -0.25) is 4.68 Å². The van der Waals surface area contributed by atoms with Gasteiger partial charge < -0.3 is 5.73 Å². The van der Waals surface area contributed by atoms with Gasteiger partial charge in [0.15, 0.2) is 5.03 Å². The summed E-state index contributed by atoms with van der Waals surface area (Å²) in [6.07, 6.45) is 1.43. The predicted molar refractivity (Wildman–Crippen MR) is 52.0 cm³/mol. The van der Waals surface area contributed by atoms with Crippen molar-refractivity contribution in [2.75, 3.05) is 6.54 Å². The van der Waals surface area contributed by atoms with Crippen LogP contribution in [0.2, 0.25) is 0 Å². The van der Waals surface area contributed by atoms with Gasteiger partial charge in [-0.1, -0.05) is 0 Å². The van der Waals surface area contributed by atoms with Gasteiger partial charge >= 0.3 is 0 Å². The van der Waals surface area contributed by atoms with Crippen molar-refractivity contribution in [3.63, 3.8) is 0 Å². The number of aromatic nitrogens is 2. The molecule has 1 aromatic heterocycles. The molecule has 0 radical (unpaired) electrons. The van der Waals surface area contributed by atoms with Crippen molar-refractivity contribution in [2.45, 2.75) is 18.0 Å². The normalized spacial score (nSPS) is 14.2. The maximum Gasteiger partial charge on any atom is 0.257 e. The lowest BCUT2D eigenvalue weighted by molar-refractivity contribution is 0.557. The molecule has 0 amide bonds. The van der Waals surface area contributed by atoms with E-state index in [4.69, 9.17) is 5.73 Å². The Hall–Kier alpha value is -0.920. The van der Waals surface area contributed by atoms with Crippen molar-refractivity contribution in [3.05, 3.63) is 12.3 Å². The van der Waals surface area contributed by atoms with Crippen molar-refractivity contribution in [3.8, 4) is 0 Å². The molecule has 7 heteroatoms. The summed E-state index contributed by atoms with van der Waals surface area (Å²) in [6, 6.07) is 1.22. The first-order valence-corrected chi connectivity index (χ1v) is 5.65. The van der Waals surface area contributed by atoms with Gasteiger partial charge in [-0.25, -0.2) is 13.1 Å². The zero-order valence-electron chi connectivity index (χ0n) is 8.14. The number of sulfonamides is 1. The predicted octanol–water partition coefficient (Wildman–Crippen LogP) is -0.954. The molecule has 3 N–H and O–H groups in total. The van der Waals surface area contributed by atoms with E-state index in [-0.39, 0.29) is 17.6 Å². The number of rotatable bonds is 4. The number of hydrogen-bond acceptors (Lipinski definition) is 4. The largest absolute Gasteiger partial charge is 0.327 e. The third-order valence-corrected chi connectivity index (χ3v) is 3.14. The molecule has 0 bridgehead atoms. The Bertz CT molecular complexity index is 396. The highest BCUT2D eigenvalue weighted by molar-refractivity contribution is 7.89. The van der Waals surface area contributed by atoms with Crippen LogP contribution in [0.3, 0.4) is 0 Å². The van der Waals surface area contributed by atoms with Crippen LogP contribution < -0.4 is 10.5 Å². The fraction of sp³-hybridized carbons (Fsp3) is 0.571. The molecular formula is C7H14N4O2S. The Balaban J connectivity index is 2.82. The summed E-state index contributed by atoms with van der Waals surface area (Å²) >= 11 is 0. The summed E-state index contributed by atoms with van der Waals surface area (Å²) in [5, 5.41) is 3.91. The van der Waals surface area contributed by atoms with E-state index in [0.29, 0.717) is 0 Å². The zero-order valence-corrected chi connectivity index (χ0v) is 8.95. The molecule has 0 aliphatic rings. The van der Waals surface area contributed by atoms with E-state index in [2.05, 4.69) is 9.82 Å². The van der Waals surface area contributed by atoms with Gasteiger partial charge in [-0.05, 0) is 13.0 Å². The average molecular weight is 218 g/mol. The molecule has 0 fully saturated rings. The van der Waals surface area contributed by atoms with Crippen LogP contribution >= 0.6 is 0 Å². The summed E-state index contributed by atoms with van der Waals surface area (Å²) < 4.78 is 26.9. The maximum atomic E-state index is 11.6. The molecule has 1 heterocycles. The molecule has 0 aromatic carbocycles. The van der Waals surface area contributed by atoms with E-state index in [1.807, 2.05) is 0 Å². The van der Waals surface area contributed by atoms with Crippen molar-refractivity contribution in [1.29, 1.82) is 0 Å². The van der Waals surface area contributed by atoms with Gasteiger partial charge in [0, 0.05) is 19.6 Å². The SMILES string of the molecule is CC(N)CNS(=O)(=O)c1ccnn1C. The Labute approximate surface area is 83.1 Å². The molecule has 0 aliphatic carbocycles. The van der Waals surface area contributed by atoms with Crippen LogP contribution in [0.5, 0.6) is 0 Å². The molecule has 80 valence electrons. The van der Waals surface area contributed by atoms with E-state index in [1.54, 1.807) is 14.0 Å². The minimum atomic E-state index is -3.47. The van der Waals surface area contributed by atoms with E-state index in [1.165, 1.54) is 16.9 Å². The molecule has 6 nitrogen and oxygen atoms in total. The minimum Gasteiger partial charge on any atom is -0.327 e. The van der Waals surface area contributed by atoms with E-state index in [9.17, 15) is 8.42 Å². The first-order valence-electron chi connectivity index (χ1n) is 4.17. The number of hydrogen-bond donors (Lipinski definition) is 2. The standard InChI is InChI=1S/C7H14N4O2S/c1-6(8)5-10-14(12,13)7-3-4-9-11(7)2/h3-4,6,10H,5,8H2,1-2H3. The molecule has 1 rings (SSSR count).